The van der Waals surface area contributed by atoms with Gasteiger partial charge in [0, 0.05) is 44.7 Å². The van der Waals surface area contributed by atoms with E-state index in [0.29, 0.717) is 23.5 Å². The van der Waals surface area contributed by atoms with Crippen LogP contribution in [0.4, 0.5) is 5.69 Å². The molecule has 1 N–H and O–H groups in total. The Hall–Kier alpha value is -2.13. The molecule has 2 atom stereocenters. The number of likely N-dealkylation sites (N-methyl/N-ethyl adjacent to an activating group) is 2. The number of rotatable bonds is 4. The molecule has 8 nitrogen and oxygen atoms in total. The predicted octanol–water partition coefficient (Wildman–Crippen LogP) is 0.934. The molecule has 0 fully saturated rings. The summed E-state index contributed by atoms with van der Waals surface area (Å²) >= 11 is 0. The number of benzene rings is 1. The zero-order valence-electron chi connectivity index (χ0n) is 16.4. The minimum Gasteiger partial charge on any atom is -0.488 e. The highest BCUT2D eigenvalue weighted by atomic mass is 32.2. The fourth-order valence-corrected chi connectivity index (χ4v) is 3.37. The Labute approximate surface area is 160 Å². The Kier molecular flexibility index (Phi) is 6.48. The van der Waals surface area contributed by atoms with Crippen LogP contribution in [-0.4, -0.2) is 69.0 Å². The molecule has 0 saturated heterocycles. The number of anilines is 1. The van der Waals surface area contributed by atoms with E-state index in [0.717, 1.165) is 6.26 Å². The topological polar surface area (TPSA) is 96.0 Å². The Morgan fingerprint density at radius 1 is 1.41 bits per heavy atom. The van der Waals surface area contributed by atoms with Crippen molar-refractivity contribution in [2.45, 2.75) is 26.4 Å². The van der Waals surface area contributed by atoms with Crippen LogP contribution in [0.2, 0.25) is 0 Å². The van der Waals surface area contributed by atoms with E-state index in [9.17, 15) is 18.0 Å². The van der Waals surface area contributed by atoms with Crippen molar-refractivity contribution in [3.63, 3.8) is 0 Å². The standard InChI is InChI=1S/C18H27N3O5S/c1-12-10-20(3)18(23)9-14-8-15(19-13(2)22)6-7-16(14)26-17(12)11-21(4)27(5,24)25/h6-8,12,17H,9-11H2,1-5H3,(H,19,22)/t12-,17-/m0/s1. The summed E-state index contributed by atoms with van der Waals surface area (Å²) in [6.45, 7) is 3.97. The average molecular weight is 397 g/mol. The lowest BCUT2D eigenvalue weighted by atomic mass is 10.0. The number of amides is 2. The summed E-state index contributed by atoms with van der Waals surface area (Å²) in [4.78, 5) is 25.5. The second-order valence-corrected chi connectivity index (χ2v) is 9.22. The van der Waals surface area contributed by atoms with Crippen molar-refractivity contribution in [2.75, 3.05) is 38.8 Å². The number of carbonyl (C=O) groups excluding carboxylic acids is 2. The van der Waals surface area contributed by atoms with Crippen LogP contribution < -0.4 is 10.1 Å². The van der Waals surface area contributed by atoms with E-state index in [1.165, 1.54) is 18.3 Å². The van der Waals surface area contributed by atoms with Crippen molar-refractivity contribution in [1.82, 2.24) is 9.21 Å². The molecular formula is C18H27N3O5S. The van der Waals surface area contributed by atoms with Crippen molar-refractivity contribution < 1.29 is 22.7 Å². The van der Waals surface area contributed by atoms with Gasteiger partial charge in [0.15, 0.2) is 0 Å². The van der Waals surface area contributed by atoms with Crippen molar-refractivity contribution in [2.24, 2.45) is 5.92 Å². The van der Waals surface area contributed by atoms with Gasteiger partial charge in [0.2, 0.25) is 21.8 Å². The van der Waals surface area contributed by atoms with E-state index in [-0.39, 0.29) is 30.7 Å². The molecule has 2 amide bonds. The number of hydrogen-bond acceptors (Lipinski definition) is 5. The van der Waals surface area contributed by atoms with Crippen molar-refractivity contribution >= 4 is 27.5 Å². The summed E-state index contributed by atoms with van der Waals surface area (Å²) in [6, 6.07) is 5.13. The summed E-state index contributed by atoms with van der Waals surface area (Å²) < 4.78 is 31.0. The second-order valence-electron chi connectivity index (χ2n) is 7.13. The molecule has 0 unspecified atom stereocenters. The van der Waals surface area contributed by atoms with E-state index in [1.54, 1.807) is 30.1 Å². The van der Waals surface area contributed by atoms with E-state index in [2.05, 4.69) is 5.32 Å². The second kappa shape index (κ2) is 8.26. The number of ether oxygens (including phenoxy) is 1. The summed E-state index contributed by atoms with van der Waals surface area (Å²) in [5.74, 6) is 0.170. The Bertz CT molecular complexity index is 824. The number of sulfonamides is 1. The lowest BCUT2D eigenvalue weighted by Gasteiger charge is -2.30. The van der Waals surface area contributed by atoms with E-state index < -0.39 is 16.1 Å². The monoisotopic (exact) mass is 397 g/mol. The van der Waals surface area contributed by atoms with Crippen molar-refractivity contribution in [1.29, 1.82) is 0 Å². The maximum atomic E-state index is 12.5. The number of nitrogens with zero attached hydrogens (tertiary/aromatic N) is 2. The lowest BCUT2D eigenvalue weighted by molar-refractivity contribution is -0.129. The smallest absolute Gasteiger partial charge is 0.226 e. The van der Waals surface area contributed by atoms with Crippen LogP contribution in [0.3, 0.4) is 0 Å². The largest absolute Gasteiger partial charge is 0.488 e. The van der Waals surface area contributed by atoms with Gasteiger partial charge in [0.1, 0.15) is 11.9 Å². The van der Waals surface area contributed by atoms with Gasteiger partial charge in [-0.25, -0.2) is 12.7 Å². The average Bonchev–Trinajstić information content (AvgIpc) is 2.57. The minimum atomic E-state index is -3.35. The lowest BCUT2D eigenvalue weighted by Crippen LogP contribution is -2.43. The molecule has 0 aromatic heterocycles. The molecule has 27 heavy (non-hydrogen) atoms. The van der Waals surface area contributed by atoms with Gasteiger partial charge in [0.25, 0.3) is 0 Å². The van der Waals surface area contributed by atoms with Gasteiger partial charge in [-0.15, -0.1) is 0 Å². The Balaban J connectivity index is 2.39. The Morgan fingerprint density at radius 3 is 2.67 bits per heavy atom. The zero-order chi connectivity index (χ0) is 20.4. The molecule has 1 aliphatic heterocycles. The van der Waals surface area contributed by atoms with E-state index in [1.807, 2.05) is 6.92 Å². The number of fused-ring (bicyclic) bond motifs is 1. The van der Waals surface area contributed by atoms with Crippen LogP contribution in [-0.2, 0) is 26.0 Å². The highest BCUT2D eigenvalue weighted by Gasteiger charge is 2.29. The molecule has 150 valence electrons. The third-order valence-corrected chi connectivity index (χ3v) is 5.91. The molecule has 0 spiro atoms. The van der Waals surface area contributed by atoms with Gasteiger partial charge < -0.3 is 15.0 Å². The van der Waals surface area contributed by atoms with E-state index in [4.69, 9.17) is 4.74 Å². The predicted molar refractivity (Wildman–Crippen MR) is 103 cm³/mol. The first kappa shape index (κ1) is 21.2. The molecule has 2 rings (SSSR count). The number of hydrogen-bond donors (Lipinski definition) is 1. The van der Waals surface area contributed by atoms with Crippen LogP contribution in [0.5, 0.6) is 5.75 Å². The SMILES string of the molecule is CC(=O)Nc1ccc2c(c1)CC(=O)N(C)C[C@H](C)[C@H](CN(C)S(C)(=O)=O)O2. The van der Waals surface area contributed by atoms with Crippen molar-refractivity contribution in [3.8, 4) is 5.75 Å². The number of nitrogens with one attached hydrogen (secondary N) is 1. The highest BCUT2D eigenvalue weighted by molar-refractivity contribution is 7.88. The van der Waals surface area contributed by atoms with Crippen molar-refractivity contribution in [3.05, 3.63) is 23.8 Å². The third-order valence-electron chi connectivity index (χ3n) is 4.63. The summed E-state index contributed by atoms with van der Waals surface area (Å²) in [5.41, 5.74) is 1.23. The van der Waals surface area contributed by atoms with Gasteiger partial charge in [-0.2, -0.15) is 0 Å². The summed E-state index contributed by atoms with van der Waals surface area (Å²) in [7, 11) is -0.124. The summed E-state index contributed by atoms with van der Waals surface area (Å²) in [5, 5.41) is 2.70. The van der Waals surface area contributed by atoms with E-state index >= 15 is 0 Å². The van der Waals surface area contributed by atoms with Crippen LogP contribution in [0, 0.1) is 5.92 Å². The van der Waals surface area contributed by atoms with Gasteiger partial charge in [0.05, 0.1) is 19.2 Å². The van der Waals surface area contributed by atoms with Crippen LogP contribution >= 0.6 is 0 Å². The highest BCUT2D eigenvalue weighted by Crippen LogP contribution is 2.28. The quantitative estimate of drug-likeness (QED) is 0.816. The normalized spacial score (nSPS) is 21.0. The number of carbonyl (C=O) groups is 2. The maximum absolute atomic E-state index is 12.5. The molecule has 1 aliphatic rings. The molecule has 1 heterocycles. The van der Waals surface area contributed by atoms with Gasteiger partial charge in [-0.1, -0.05) is 6.92 Å². The molecule has 0 bridgehead atoms. The first-order valence-electron chi connectivity index (χ1n) is 8.70. The van der Waals surface area contributed by atoms with Gasteiger partial charge >= 0.3 is 0 Å². The molecule has 1 aromatic carbocycles. The molecule has 1 aromatic rings. The first-order valence-corrected chi connectivity index (χ1v) is 10.5. The fraction of sp³-hybridized carbons (Fsp3) is 0.556. The minimum absolute atomic E-state index is 0.0659. The molecule has 0 saturated carbocycles. The third kappa shape index (κ3) is 5.67. The van der Waals surface area contributed by atoms with Gasteiger partial charge in [-0.3, -0.25) is 9.59 Å². The molecule has 0 radical (unpaired) electrons. The fourth-order valence-electron chi connectivity index (χ4n) is 2.95. The molecule has 0 aliphatic carbocycles. The Morgan fingerprint density at radius 2 is 2.07 bits per heavy atom. The molecular weight excluding hydrogens is 370 g/mol. The van der Waals surface area contributed by atoms with Crippen LogP contribution in [0.1, 0.15) is 19.4 Å². The van der Waals surface area contributed by atoms with Crippen LogP contribution in [0.15, 0.2) is 18.2 Å². The molecule has 9 heteroatoms. The first-order chi connectivity index (χ1) is 12.5. The van der Waals surface area contributed by atoms with Gasteiger partial charge in [-0.05, 0) is 18.2 Å². The zero-order valence-corrected chi connectivity index (χ0v) is 17.2. The summed E-state index contributed by atoms with van der Waals surface area (Å²) in [6.07, 6.45) is 0.861. The maximum Gasteiger partial charge on any atom is 0.226 e. The van der Waals surface area contributed by atoms with Crippen LogP contribution in [0.25, 0.3) is 0 Å².